The first kappa shape index (κ1) is 15.2. The van der Waals surface area contributed by atoms with Gasteiger partial charge in [0.05, 0.1) is 18.7 Å². The summed E-state index contributed by atoms with van der Waals surface area (Å²) in [6.45, 7) is 1.84. The second kappa shape index (κ2) is 5.94. The number of nitrogens with zero attached hydrogens (tertiary/aromatic N) is 1. The molecule has 0 unspecified atom stereocenters. The maximum Gasteiger partial charge on any atom is 0.310 e. The minimum Gasteiger partial charge on any atom is -0.488 e. The van der Waals surface area contributed by atoms with Crippen LogP contribution in [0, 0.1) is 5.92 Å². The first-order chi connectivity index (χ1) is 11.7. The van der Waals surface area contributed by atoms with Gasteiger partial charge in [-0.05, 0) is 23.2 Å². The molecule has 1 saturated heterocycles. The van der Waals surface area contributed by atoms with E-state index in [0.29, 0.717) is 18.7 Å². The van der Waals surface area contributed by atoms with Crippen molar-refractivity contribution in [3.8, 4) is 16.9 Å². The molecule has 0 aliphatic carbocycles. The van der Waals surface area contributed by atoms with Gasteiger partial charge in [-0.2, -0.15) is 11.3 Å². The molecule has 0 saturated carbocycles. The van der Waals surface area contributed by atoms with E-state index in [-0.39, 0.29) is 11.9 Å². The van der Waals surface area contributed by atoms with Gasteiger partial charge in [-0.15, -0.1) is 0 Å². The van der Waals surface area contributed by atoms with Crippen molar-refractivity contribution in [2.45, 2.75) is 13.0 Å². The van der Waals surface area contributed by atoms with Gasteiger partial charge in [0.2, 0.25) is 0 Å². The summed E-state index contributed by atoms with van der Waals surface area (Å²) in [7, 11) is 1.41. The van der Waals surface area contributed by atoms with Gasteiger partial charge in [-0.3, -0.25) is 9.59 Å². The number of benzene rings is 1. The second-order valence-electron chi connectivity index (χ2n) is 6.08. The number of rotatable bonds is 3. The van der Waals surface area contributed by atoms with Crippen molar-refractivity contribution in [2.24, 2.45) is 5.92 Å². The van der Waals surface area contributed by atoms with Crippen molar-refractivity contribution in [1.82, 2.24) is 0 Å². The van der Waals surface area contributed by atoms with Gasteiger partial charge in [-0.25, -0.2) is 0 Å². The van der Waals surface area contributed by atoms with Crippen LogP contribution in [0.2, 0.25) is 0 Å². The Kier molecular flexibility index (Phi) is 3.76. The van der Waals surface area contributed by atoms with Crippen LogP contribution in [0.5, 0.6) is 5.75 Å². The Hall–Kier alpha value is -2.34. The summed E-state index contributed by atoms with van der Waals surface area (Å²) in [4.78, 5) is 25.4. The number of carbonyl (C=O) groups excluding carboxylic acids is 2. The van der Waals surface area contributed by atoms with Gasteiger partial charge in [0.25, 0.3) is 0 Å². The Morgan fingerprint density at radius 2 is 2.25 bits per heavy atom. The largest absolute Gasteiger partial charge is 0.488 e. The van der Waals surface area contributed by atoms with Gasteiger partial charge in [-0.1, -0.05) is 0 Å². The zero-order chi connectivity index (χ0) is 16.7. The lowest BCUT2D eigenvalue weighted by Crippen LogP contribution is -2.24. The van der Waals surface area contributed by atoms with Crippen LogP contribution in [0.15, 0.2) is 22.9 Å². The summed E-state index contributed by atoms with van der Waals surface area (Å²) in [6, 6.07) is 3.83. The minimum absolute atomic E-state index is 0.144. The van der Waals surface area contributed by atoms with Crippen LogP contribution in [0.25, 0.3) is 11.1 Å². The predicted molar refractivity (Wildman–Crippen MR) is 91.8 cm³/mol. The van der Waals surface area contributed by atoms with Crippen LogP contribution in [-0.2, 0) is 16.1 Å². The molecule has 124 valence electrons. The first-order valence-corrected chi connectivity index (χ1v) is 8.79. The van der Waals surface area contributed by atoms with Crippen LogP contribution in [0.1, 0.15) is 22.3 Å². The molecule has 2 aliphatic rings. The first-order valence-electron chi connectivity index (χ1n) is 7.85. The second-order valence-corrected chi connectivity index (χ2v) is 6.82. The lowest BCUT2D eigenvalue weighted by Gasteiger charge is -2.25. The number of fused-ring (bicyclic) bond motifs is 3. The number of esters is 1. The van der Waals surface area contributed by atoms with E-state index in [2.05, 4.69) is 15.7 Å². The molecular weight excluding hydrogens is 326 g/mol. The van der Waals surface area contributed by atoms with Gasteiger partial charge >= 0.3 is 5.97 Å². The number of anilines is 1. The fourth-order valence-electron chi connectivity index (χ4n) is 3.45. The molecule has 1 aromatic carbocycles. The zero-order valence-corrected chi connectivity index (χ0v) is 14.1. The van der Waals surface area contributed by atoms with Crippen molar-refractivity contribution in [2.75, 3.05) is 25.1 Å². The fourth-order valence-corrected chi connectivity index (χ4v) is 4.29. The molecule has 1 fully saturated rings. The molecule has 1 atom stereocenters. The van der Waals surface area contributed by atoms with E-state index < -0.39 is 0 Å². The van der Waals surface area contributed by atoms with E-state index in [9.17, 15) is 9.59 Å². The molecule has 0 N–H and O–H groups in total. The highest BCUT2D eigenvalue weighted by atomic mass is 32.1. The Morgan fingerprint density at radius 3 is 3.04 bits per heavy atom. The summed E-state index contributed by atoms with van der Waals surface area (Å²) in [5, 5.41) is 4.17. The molecule has 6 heteroatoms. The summed E-state index contributed by atoms with van der Waals surface area (Å²) in [5.41, 5.74) is 4.72. The molecule has 0 amide bonds. The molecule has 5 nitrogen and oxygen atoms in total. The van der Waals surface area contributed by atoms with Crippen molar-refractivity contribution in [1.29, 1.82) is 0 Å². The van der Waals surface area contributed by atoms with E-state index >= 15 is 0 Å². The van der Waals surface area contributed by atoms with Crippen LogP contribution in [0.3, 0.4) is 0 Å². The average Bonchev–Trinajstić information content (AvgIpc) is 3.28. The monoisotopic (exact) mass is 343 g/mol. The lowest BCUT2D eigenvalue weighted by atomic mass is 9.98. The molecule has 1 aromatic heterocycles. The van der Waals surface area contributed by atoms with Gasteiger partial charge in [0.15, 0.2) is 6.29 Å². The Morgan fingerprint density at radius 1 is 1.38 bits per heavy atom. The van der Waals surface area contributed by atoms with E-state index in [1.807, 2.05) is 12.1 Å². The number of hydrogen-bond acceptors (Lipinski definition) is 6. The minimum atomic E-state index is -0.192. The average molecular weight is 343 g/mol. The Labute approximate surface area is 143 Å². The normalized spacial score (nSPS) is 18.5. The van der Waals surface area contributed by atoms with E-state index in [1.165, 1.54) is 7.11 Å². The number of ether oxygens (including phenoxy) is 2. The fraction of sp³-hybridized carbons (Fsp3) is 0.333. The van der Waals surface area contributed by atoms with E-state index in [0.717, 1.165) is 47.4 Å². The third kappa shape index (κ3) is 2.38. The van der Waals surface area contributed by atoms with Crippen LogP contribution in [0.4, 0.5) is 5.69 Å². The molecule has 0 bridgehead atoms. The third-order valence-corrected chi connectivity index (χ3v) is 5.53. The smallest absolute Gasteiger partial charge is 0.310 e. The molecule has 4 rings (SSSR count). The lowest BCUT2D eigenvalue weighted by molar-refractivity contribution is -0.144. The molecule has 2 aromatic rings. The SMILES string of the molecule is COC(=O)[C@H]1CCN(c2cc3c(cc2C=O)-c2cscc2CO3)C1. The highest BCUT2D eigenvalue weighted by Gasteiger charge is 2.31. The number of aldehydes is 1. The van der Waals surface area contributed by atoms with Crippen molar-refractivity contribution >= 4 is 29.3 Å². The number of hydrogen-bond donors (Lipinski definition) is 0. The standard InChI is InChI=1S/C18H17NO4S/c1-22-18(21)11-2-3-19(6-11)16-5-17-14(4-12(16)7-20)15-10-24-9-13(15)8-23-17/h4-5,7,9-11H,2-3,6,8H2,1H3/t11-/m0/s1. The van der Waals surface area contributed by atoms with Crippen LogP contribution >= 0.6 is 11.3 Å². The quantitative estimate of drug-likeness (QED) is 0.633. The molecule has 2 aliphatic heterocycles. The number of carbonyl (C=O) groups is 2. The molecule has 0 spiro atoms. The molecule has 3 heterocycles. The molecule has 24 heavy (non-hydrogen) atoms. The van der Waals surface area contributed by atoms with Gasteiger partial charge < -0.3 is 14.4 Å². The van der Waals surface area contributed by atoms with Crippen molar-refractivity contribution < 1.29 is 19.1 Å². The third-order valence-electron chi connectivity index (χ3n) is 4.73. The number of methoxy groups -OCH3 is 1. The maximum absolute atomic E-state index is 11.7. The molecular formula is C18H17NO4S. The number of thiophene rings is 1. The van der Waals surface area contributed by atoms with Crippen LogP contribution < -0.4 is 9.64 Å². The summed E-state index contributed by atoms with van der Waals surface area (Å²) in [5.74, 6) is 0.459. The summed E-state index contributed by atoms with van der Waals surface area (Å²) in [6.07, 6.45) is 1.61. The van der Waals surface area contributed by atoms with Crippen molar-refractivity contribution in [3.05, 3.63) is 34.0 Å². The summed E-state index contributed by atoms with van der Waals surface area (Å²) < 4.78 is 10.7. The van der Waals surface area contributed by atoms with Gasteiger partial charge in [0.1, 0.15) is 12.4 Å². The van der Waals surface area contributed by atoms with Crippen LogP contribution in [-0.4, -0.2) is 32.5 Å². The van der Waals surface area contributed by atoms with E-state index in [4.69, 9.17) is 9.47 Å². The van der Waals surface area contributed by atoms with Crippen molar-refractivity contribution in [3.63, 3.8) is 0 Å². The summed E-state index contributed by atoms with van der Waals surface area (Å²) >= 11 is 1.64. The highest BCUT2D eigenvalue weighted by molar-refractivity contribution is 7.08. The maximum atomic E-state index is 11.7. The van der Waals surface area contributed by atoms with Gasteiger partial charge in [0, 0.05) is 41.4 Å². The predicted octanol–water partition coefficient (Wildman–Crippen LogP) is 3.12. The van der Waals surface area contributed by atoms with E-state index in [1.54, 1.807) is 11.3 Å². The topological polar surface area (TPSA) is 55.8 Å². The Balaban J connectivity index is 1.71. The zero-order valence-electron chi connectivity index (χ0n) is 13.3. The molecule has 0 radical (unpaired) electrons. The highest BCUT2D eigenvalue weighted by Crippen LogP contribution is 2.43. The Bertz CT molecular complexity index is 813.